The number of halogens is 3. The number of thiocarbonyl (C=S) groups is 1. The predicted molar refractivity (Wildman–Crippen MR) is 88.9 cm³/mol. The molecule has 0 amide bonds. The second-order valence-electron chi connectivity index (χ2n) is 4.55. The molecule has 23 heavy (non-hydrogen) atoms. The number of nitrogens with one attached hydrogen (secondary N) is 2. The Bertz CT molecular complexity index is 689. The van der Waals surface area contributed by atoms with Crippen LogP contribution in [0.4, 0.5) is 24.5 Å². The Morgan fingerprint density at radius 2 is 1.57 bits per heavy atom. The van der Waals surface area contributed by atoms with Crippen molar-refractivity contribution in [2.75, 3.05) is 17.2 Å². The summed E-state index contributed by atoms with van der Waals surface area (Å²) in [7, 11) is 0. The Morgan fingerprint density at radius 3 is 2.22 bits per heavy atom. The number of ether oxygens (including phenoxy) is 1. The zero-order valence-electron chi connectivity index (χ0n) is 12.3. The van der Waals surface area contributed by atoms with Gasteiger partial charge in [0.1, 0.15) is 5.75 Å². The fourth-order valence-electron chi connectivity index (χ4n) is 1.97. The molecule has 0 saturated carbocycles. The van der Waals surface area contributed by atoms with Crippen LogP contribution in [0.3, 0.4) is 0 Å². The van der Waals surface area contributed by atoms with Gasteiger partial charge in [0, 0.05) is 0 Å². The molecule has 0 aliphatic carbocycles. The number of hydrogen-bond donors (Lipinski definition) is 2. The van der Waals surface area contributed by atoms with Crippen LogP contribution in [0.2, 0.25) is 0 Å². The first-order valence-electron chi connectivity index (χ1n) is 6.88. The minimum atomic E-state index is -4.46. The van der Waals surface area contributed by atoms with E-state index in [1.807, 2.05) is 6.92 Å². The summed E-state index contributed by atoms with van der Waals surface area (Å²) in [6.07, 6.45) is -4.46. The first kappa shape index (κ1) is 17.1. The van der Waals surface area contributed by atoms with Crippen molar-refractivity contribution in [1.82, 2.24) is 0 Å². The second-order valence-corrected chi connectivity index (χ2v) is 4.96. The van der Waals surface area contributed by atoms with E-state index in [-0.39, 0.29) is 10.8 Å². The van der Waals surface area contributed by atoms with Crippen molar-refractivity contribution in [3.63, 3.8) is 0 Å². The van der Waals surface area contributed by atoms with Gasteiger partial charge in [-0.25, -0.2) is 0 Å². The number of anilines is 2. The van der Waals surface area contributed by atoms with Gasteiger partial charge in [0.2, 0.25) is 0 Å². The molecule has 7 heteroatoms. The minimum Gasteiger partial charge on any atom is -0.492 e. The van der Waals surface area contributed by atoms with Crippen LogP contribution in [0.5, 0.6) is 5.75 Å². The normalized spacial score (nSPS) is 11.0. The molecule has 0 radical (unpaired) electrons. The van der Waals surface area contributed by atoms with Crippen LogP contribution in [0.15, 0.2) is 48.5 Å². The van der Waals surface area contributed by atoms with Gasteiger partial charge in [-0.15, -0.1) is 0 Å². The molecule has 0 fully saturated rings. The van der Waals surface area contributed by atoms with Gasteiger partial charge in [-0.2, -0.15) is 13.2 Å². The average Bonchev–Trinajstić information content (AvgIpc) is 2.49. The van der Waals surface area contributed by atoms with E-state index in [1.54, 1.807) is 24.3 Å². The topological polar surface area (TPSA) is 33.3 Å². The summed E-state index contributed by atoms with van der Waals surface area (Å²) >= 11 is 5.10. The molecule has 0 aromatic heterocycles. The van der Waals surface area contributed by atoms with E-state index >= 15 is 0 Å². The summed E-state index contributed by atoms with van der Waals surface area (Å²) in [4.78, 5) is 0. The number of alkyl halides is 3. The van der Waals surface area contributed by atoms with Gasteiger partial charge in [0.25, 0.3) is 0 Å². The van der Waals surface area contributed by atoms with Crippen LogP contribution >= 0.6 is 12.2 Å². The Hall–Kier alpha value is -2.28. The third-order valence-electron chi connectivity index (χ3n) is 2.92. The third kappa shape index (κ3) is 4.59. The SMILES string of the molecule is CCOc1ccccc1NC(=S)Nc1ccccc1C(F)(F)F. The van der Waals surface area contributed by atoms with Crippen LogP contribution in [-0.2, 0) is 6.18 Å². The summed E-state index contributed by atoms with van der Waals surface area (Å²) in [5, 5.41) is 5.48. The van der Waals surface area contributed by atoms with Crippen molar-refractivity contribution < 1.29 is 17.9 Å². The van der Waals surface area contributed by atoms with Gasteiger partial charge in [0.05, 0.1) is 23.5 Å². The van der Waals surface area contributed by atoms with E-state index in [1.165, 1.54) is 18.2 Å². The first-order valence-corrected chi connectivity index (χ1v) is 7.28. The van der Waals surface area contributed by atoms with Gasteiger partial charge in [-0.3, -0.25) is 0 Å². The highest BCUT2D eigenvalue weighted by Crippen LogP contribution is 2.34. The first-order chi connectivity index (χ1) is 10.9. The van der Waals surface area contributed by atoms with Gasteiger partial charge >= 0.3 is 6.18 Å². The summed E-state index contributed by atoms with van der Waals surface area (Å²) in [6, 6.07) is 12.2. The number of hydrogen-bond acceptors (Lipinski definition) is 2. The molecule has 0 aliphatic heterocycles. The van der Waals surface area contributed by atoms with Gasteiger partial charge < -0.3 is 15.4 Å². The Morgan fingerprint density at radius 1 is 1.00 bits per heavy atom. The quantitative estimate of drug-likeness (QED) is 0.775. The van der Waals surface area contributed by atoms with Crippen molar-refractivity contribution in [3.05, 3.63) is 54.1 Å². The smallest absolute Gasteiger partial charge is 0.418 e. The molecule has 2 aromatic rings. The predicted octanol–water partition coefficient (Wildman–Crippen LogP) is 4.91. The monoisotopic (exact) mass is 340 g/mol. The lowest BCUT2D eigenvalue weighted by Crippen LogP contribution is -2.22. The molecule has 0 bridgehead atoms. The van der Waals surface area contributed by atoms with Crippen molar-refractivity contribution in [1.29, 1.82) is 0 Å². The molecular weight excluding hydrogens is 325 g/mol. The van der Waals surface area contributed by atoms with E-state index in [2.05, 4.69) is 10.6 Å². The fraction of sp³-hybridized carbons (Fsp3) is 0.188. The van der Waals surface area contributed by atoms with Crippen LogP contribution < -0.4 is 15.4 Å². The molecule has 0 unspecified atom stereocenters. The lowest BCUT2D eigenvalue weighted by atomic mass is 10.1. The van der Waals surface area contributed by atoms with Crippen LogP contribution in [0, 0.1) is 0 Å². The molecule has 2 N–H and O–H groups in total. The molecule has 0 saturated heterocycles. The number of benzene rings is 2. The largest absolute Gasteiger partial charge is 0.492 e. The van der Waals surface area contributed by atoms with Crippen molar-refractivity contribution in [2.24, 2.45) is 0 Å². The second kappa shape index (κ2) is 7.32. The Kier molecular flexibility index (Phi) is 5.44. The Labute approximate surface area is 137 Å². The zero-order chi connectivity index (χ0) is 16.9. The van der Waals surface area contributed by atoms with Crippen molar-refractivity contribution in [2.45, 2.75) is 13.1 Å². The average molecular weight is 340 g/mol. The molecule has 2 rings (SSSR count). The maximum absolute atomic E-state index is 13.0. The highest BCUT2D eigenvalue weighted by molar-refractivity contribution is 7.80. The summed E-state index contributed by atoms with van der Waals surface area (Å²) in [5.74, 6) is 0.572. The van der Waals surface area contributed by atoms with Crippen LogP contribution in [0.1, 0.15) is 12.5 Å². The van der Waals surface area contributed by atoms with E-state index in [9.17, 15) is 13.2 Å². The highest BCUT2D eigenvalue weighted by Gasteiger charge is 2.33. The number of para-hydroxylation sites is 3. The maximum atomic E-state index is 13.0. The van der Waals surface area contributed by atoms with Crippen LogP contribution in [-0.4, -0.2) is 11.7 Å². The lowest BCUT2D eigenvalue weighted by molar-refractivity contribution is -0.136. The molecule has 2 aromatic carbocycles. The van der Waals surface area contributed by atoms with Crippen molar-refractivity contribution >= 4 is 28.7 Å². The maximum Gasteiger partial charge on any atom is 0.418 e. The van der Waals surface area contributed by atoms with E-state index in [0.29, 0.717) is 18.0 Å². The van der Waals surface area contributed by atoms with Gasteiger partial charge in [-0.1, -0.05) is 24.3 Å². The third-order valence-corrected chi connectivity index (χ3v) is 3.12. The molecule has 0 aliphatic rings. The zero-order valence-corrected chi connectivity index (χ0v) is 13.1. The van der Waals surface area contributed by atoms with Gasteiger partial charge in [-0.05, 0) is 43.4 Å². The highest BCUT2D eigenvalue weighted by atomic mass is 32.1. The standard InChI is InChI=1S/C16H15F3N2OS/c1-2-22-14-10-6-5-9-13(14)21-15(23)20-12-8-4-3-7-11(12)16(17,18)19/h3-10H,2H2,1H3,(H2,20,21,23). The molecule has 0 atom stereocenters. The van der Waals surface area contributed by atoms with E-state index in [4.69, 9.17) is 17.0 Å². The van der Waals surface area contributed by atoms with E-state index < -0.39 is 11.7 Å². The van der Waals surface area contributed by atoms with Crippen LogP contribution in [0.25, 0.3) is 0 Å². The minimum absolute atomic E-state index is 0.0499. The summed E-state index contributed by atoms with van der Waals surface area (Å²) < 4.78 is 44.3. The molecule has 0 heterocycles. The van der Waals surface area contributed by atoms with Gasteiger partial charge in [0.15, 0.2) is 5.11 Å². The molecular formula is C16H15F3N2OS. The molecule has 122 valence electrons. The summed E-state index contributed by atoms with van der Waals surface area (Å²) in [5.41, 5.74) is -0.301. The van der Waals surface area contributed by atoms with Crippen molar-refractivity contribution in [3.8, 4) is 5.75 Å². The Balaban J connectivity index is 2.15. The fourth-order valence-corrected chi connectivity index (χ4v) is 2.19. The summed E-state index contributed by atoms with van der Waals surface area (Å²) in [6.45, 7) is 2.31. The number of rotatable bonds is 4. The van der Waals surface area contributed by atoms with E-state index in [0.717, 1.165) is 6.07 Å². The molecule has 0 spiro atoms. The lowest BCUT2D eigenvalue weighted by Gasteiger charge is -2.17. The molecule has 3 nitrogen and oxygen atoms in total.